The summed E-state index contributed by atoms with van der Waals surface area (Å²) in [7, 11) is 1.97. The Bertz CT molecular complexity index is 485. The molecule has 96 valence electrons. The molecule has 1 N–H and O–H groups in total. The third-order valence-electron chi connectivity index (χ3n) is 3.00. The second kappa shape index (κ2) is 6.12. The van der Waals surface area contributed by atoms with Gasteiger partial charge in [0.15, 0.2) is 0 Å². The highest BCUT2D eigenvalue weighted by atomic mass is 32.1. The maximum absolute atomic E-state index is 4.47. The normalized spacial score (nSPS) is 11.1. The first kappa shape index (κ1) is 13.2. The van der Waals surface area contributed by atoms with Gasteiger partial charge in [0.05, 0.1) is 9.88 Å². The van der Waals surface area contributed by atoms with Gasteiger partial charge in [-0.15, -0.1) is 11.3 Å². The quantitative estimate of drug-likeness (QED) is 0.886. The largest absolute Gasteiger partial charge is 0.319 e. The van der Waals surface area contributed by atoms with Crippen molar-refractivity contribution in [3.05, 3.63) is 41.0 Å². The van der Waals surface area contributed by atoms with Gasteiger partial charge < -0.3 is 5.32 Å². The average molecular weight is 260 g/mol. The fourth-order valence-corrected chi connectivity index (χ4v) is 2.75. The molecule has 1 aromatic carbocycles. The molecular formula is C15H20N2S. The highest BCUT2D eigenvalue weighted by molar-refractivity contribution is 7.15. The minimum absolute atomic E-state index is 0.590. The van der Waals surface area contributed by atoms with Gasteiger partial charge >= 0.3 is 0 Å². The minimum atomic E-state index is 0.590. The van der Waals surface area contributed by atoms with E-state index in [1.54, 1.807) is 11.3 Å². The monoisotopic (exact) mass is 260 g/mol. The third kappa shape index (κ3) is 3.18. The molecule has 2 aromatic rings. The number of nitrogens with one attached hydrogen (secondary N) is 1. The summed E-state index contributed by atoms with van der Waals surface area (Å²) in [6.07, 6.45) is 2.99. The summed E-state index contributed by atoms with van der Waals surface area (Å²) >= 11 is 1.79. The van der Waals surface area contributed by atoms with Crippen molar-refractivity contribution in [2.75, 3.05) is 13.6 Å². The van der Waals surface area contributed by atoms with E-state index in [0.717, 1.165) is 13.0 Å². The molecule has 18 heavy (non-hydrogen) atoms. The minimum Gasteiger partial charge on any atom is -0.319 e. The molecule has 2 nitrogen and oxygen atoms in total. The SMILES string of the molecule is CNCCc1ncc(-c2ccc(C(C)C)cc2)s1. The number of benzene rings is 1. The molecule has 0 aliphatic rings. The van der Waals surface area contributed by atoms with E-state index in [1.165, 1.54) is 21.0 Å². The number of hydrogen-bond acceptors (Lipinski definition) is 3. The van der Waals surface area contributed by atoms with Gasteiger partial charge in [-0.2, -0.15) is 0 Å². The standard InChI is InChI=1S/C15H20N2S/c1-11(2)12-4-6-13(7-5-12)14-10-17-15(18-14)8-9-16-3/h4-7,10-11,16H,8-9H2,1-3H3. The zero-order valence-electron chi connectivity index (χ0n) is 11.2. The number of nitrogens with zero attached hydrogens (tertiary/aromatic N) is 1. The van der Waals surface area contributed by atoms with Crippen LogP contribution in [0.5, 0.6) is 0 Å². The first-order valence-corrected chi connectivity index (χ1v) is 7.22. The van der Waals surface area contributed by atoms with Crippen LogP contribution in [-0.4, -0.2) is 18.6 Å². The van der Waals surface area contributed by atoms with Crippen molar-refractivity contribution in [1.29, 1.82) is 0 Å². The Morgan fingerprint density at radius 1 is 1.22 bits per heavy atom. The molecule has 0 aliphatic carbocycles. The molecule has 2 rings (SSSR count). The van der Waals surface area contributed by atoms with Crippen molar-refractivity contribution in [1.82, 2.24) is 10.3 Å². The number of likely N-dealkylation sites (N-methyl/N-ethyl adjacent to an activating group) is 1. The Labute approximate surface area is 113 Å². The maximum Gasteiger partial charge on any atom is 0.0943 e. The second-order valence-corrected chi connectivity index (χ2v) is 5.86. The van der Waals surface area contributed by atoms with Crippen LogP contribution in [0, 0.1) is 0 Å². The van der Waals surface area contributed by atoms with Gasteiger partial charge in [0, 0.05) is 19.2 Å². The molecule has 1 heterocycles. The van der Waals surface area contributed by atoms with Crippen molar-refractivity contribution < 1.29 is 0 Å². The molecule has 0 amide bonds. The maximum atomic E-state index is 4.47. The molecule has 0 unspecified atom stereocenters. The van der Waals surface area contributed by atoms with Crippen molar-refractivity contribution in [3.63, 3.8) is 0 Å². The van der Waals surface area contributed by atoms with E-state index < -0.39 is 0 Å². The molecule has 0 radical (unpaired) electrons. The summed E-state index contributed by atoms with van der Waals surface area (Å²) in [5, 5.41) is 4.35. The first-order valence-electron chi connectivity index (χ1n) is 6.40. The lowest BCUT2D eigenvalue weighted by Gasteiger charge is -2.05. The summed E-state index contributed by atoms with van der Waals surface area (Å²) in [6, 6.07) is 8.83. The lowest BCUT2D eigenvalue weighted by atomic mass is 10.0. The molecule has 0 spiro atoms. The second-order valence-electron chi connectivity index (χ2n) is 4.75. The fourth-order valence-electron chi connectivity index (χ4n) is 1.82. The number of aromatic nitrogens is 1. The van der Waals surface area contributed by atoms with Gasteiger partial charge in [0.2, 0.25) is 0 Å². The zero-order chi connectivity index (χ0) is 13.0. The highest BCUT2D eigenvalue weighted by Crippen LogP contribution is 2.27. The number of rotatable bonds is 5. The smallest absolute Gasteiger partial charge is 0.0943 e. The number of hydrogen-bond donors (Lipinski definition) is 1. The van der Waals surface area contributed by atoms with Crippen LogP contribution in [0.2, 0.25) is 0 Å². The van der Waals surface area contributed by atoms with E-state index in [9.17, 15) is 0 Å². The number of thiazole rings is 1. The van der Waals surface area contributed by atoms with E-state index in [4.69, 9.17) is 0 Å². The van der Waals surface area contributed by atoms with E-state index in [-0.39, 0.29) is 0 Å². The van der Waals surface area contributed by atoms with Crippen molar-refractivity contribution in [2.24, 2.45) is 0 Å². The summed E-state index contributed by atoms with van der Waals surface area (Å²) in [5.41, 5.74) is 2.66. The Morgan fingerprint density at radius 3 is 2.56 bits per heavy atom. The highest BCUT2D eigenvalue weighted by Gasteiger charge is 2.05. The third-order valence-corrected chi connectivity index (χ3v) is 4.11. The topological polar surface area (TPSA) is 24.9 Å². The predicted octanol–water partition coefficient (Wildman–Crippen LogP) is 3.70. The van der Waals surface area contributed by atoms with Crippen LogP contribution < -0.4 is 5.32 Å². The summed E-state index contributed by atoms with van der Waals surface area (Å²) in [4.78, 5) is 5.73. The van der Waals surface area contributed by atoms with E-state index in [1.807, 2.05) is 13.2 Å². The van der Waals surface area contributed by atoms with Crippen LogP contribution in [0.4, 0.5) is 0 Å². The van der Waals surface area contributed by atoms with Gasteiger partial charge in [-0.25, -0.2) is 4.98 Å². The van der Waals surface area contributed by atoms with E-state index >= 15 is 0 Å². The van der Waals surface area contributed by atoms with Crippen LogP contribution >= 0.6 is 11.3 Å². The molecule has 0 saturated carbocycles. The van der Waals surface area contributed by atoms with Gasteiger partial charge in [0.25, 0.3) is 0 Å². The van der Waals surface area contributed by atoms with Crippen LogP contribution in [-0.2, 0) is 6.42 Å². The average Bonchev–Trinajstić information content (AvgIpc) is 2.85. The molecule has 0 bridgehead atoms. The lowest BCUT2D eigenvalue weighted by Crippen LogP contribution is -2.09. The van der Waals surface area contributed by atoms with Gasteiger partial charge in [0.1, 0.15) is 0 Å². The first-order chi connectivity index (χ1) is 8.70. The fraction of sp³-hybridized carbons (Fsp3) is 0.400. The van der Waals surface area contributed by atoms with Crippen LogP contribution in [0.3, 0.4) is 0 Å². The summed E-state index contributed by atoms with van der Waals surface area (Å²) < 4.78 is 0. The predicted molar refractivity (Wildman–Crippen MR) is 79.3 cm³/mol. The molecular weight excluding hydrogens is 240 g/mol. The molecule has 0 atom stereocenters. The Balaban J connectivity index is 2.13. The van der Waals surface area contributed by atoms with E-state index in [2.05, 4.69) is 48.4 Å². The molecule has 0 saturated heterocycles. The molecule has 0 fully saturated rings. The van der Waals surface area contributed by atoms with Crippen LogP contribution in [0.1, 0.15) is 30.3 Å². The molecule has 1 aromatic heterocycles. The van der Waals surface area contributed by atoms with Gasteiger partial charge in [-0.05, 0) is 24.1 Å². The van der Waals surface area contributed by atoms with Crippen molar-refractivity contribution in [3.8, 4) is 10.4 Å². The Morgan fingerprint density at radius 2 is 1.94 bits per heavy atom. The lowest BCUT2D eigenvalue weighted by molar-refractivity contribution is 0.787. The van der Waals surface area contributed by atoms with Crippen molar-refractivity contribution >= 4 is 11.3 Å². The van der Waals surface area contributed by atoms with E-state index in [0.29, 0.717) is 5.92 Å². The van der Waals surface area contributed by atoms with Gasteiger partial charge in [-0.1, -0.05) is 38.1 Å². The van der Waals surface area contributed by atoms with Crippen molar-refractivity contribution in [2.45, 2.75) is 26.2 Å². The zero-order valence-corrected chi connectivity index (χ0v) is 12.1. The Kier molecular flexibility index (Phi) is 4.50. The summed E-state index contributed by atoms with van der Waals surface area (Å²) in [5.74, 6) is 0.590. The molecule has 0 aliphatic heterocycles. The summed E-state index contributed by atoms with van der Waals surface area (Å²) in [6.45, 7) is 5.42. The molecule has 3 heteroatoms. The van der Waals surface area contributed by atoms with Crippen LogP contribution in [0.25, 0.3) is 10.4 Å². The Hall–Kier alpha value is -1.19. The van der Waals surface area contributed by atoms with Gasteiger partial charge in [-0.3, -0.25) is 0 Å². The van der Waals surface area contributed by atoms with Crippen LogP contribution in [0.15, 0.2) is 30.5 Å².